The van der Waals surface area contributed by atoms with Crippen LogP contribution in [0.15, 0.2) is 18.3 Å². The zero-order valence-electron chi connectivity index (χ0n) is 11.7. The maximum absolute atomic E-state index is 12.7. The molecule has 0 atom stereocenters. The number of carbonyl (C=O) groups is 1. The molecule has 2 aromatic heterocycles. The summed E-state index contributed by atoms with van der Waals surface area (Å²) in [5, 5.41) is 4.25. The number of pyridine rings is 1. The molecule has 0 spiro atoms. The first-order valence-corrected chi connectivity index (χ1v) is 6.95. The largest absolute Gasteiger partial charge is 0.483 e. The molecule has 1 saturated carbocycles. The lowest BCUT2D eigenvalue weighted by atomic mass is 10.1. The summed E-state index contributed by atoms with van der Waals surface area (Å²) in [6.07, 6.45) is 2.40. The van der Waals surface area contributed by atoms with Crippen LogP contribution in [0.1, 0.15) is 41.7 Å². The number of hydrogen-bond donors (Lipinski definition) is 0. The van der Waals surface area contributed by atoms with E-state index < -0.39 is 19.5 Å². The summed E-state index contributed by atoms with van der Waals surface area (Å²) in [5.74, 6) is 0.651. The molecule has 0 bridgehead atoms. The molecule has 1 aliphatic rings. The van der Waals surface area contributed by atoms with Crippen molar-refractivity contribution in [2.24, 2.45) is 0 Å². The van der Waals surface area contributed by atoms with E-state index in [4.69, 9.17) is 4.74 Å². The fourth-order valence-corrected chi connectivity index (χ4v) is 2.44. The second-order valence-electron chi connectivity index (χ2n) is 5.32. The minimum absolute atomic E-state index is 0.0641. The fraction of sp³-hybridized carbons (Fsp3) is 0.467. The number of alkyl halides is 2. The average molecular weight is 294 g/mol. The Morgan fingerprint density at radius 3 is 2.71 bits per heavy atom. The molecule has 0 amide bonds. The molecule has 0 radical (unpaired) electrons. The molecule has 0 aromatic carbocycles. The molecule has 0 N–H and O–H groups in total. The van der Waals surface area contributed by atoms with Crippen molar-refractivity contribution in [3.05, 3.63) is 29.6 Å². The van der Waals surface area contributed by atoms with Crippen LogP contribution in [0.3, 0.4) is 0 Å². The van der Waals surface area contributed by atoms with Crippen LogP contribution in [0, 0.1) is 0 Å². The predicted octanol–water partition coefficient (Wildman–Crippen LogP) is 3.10. The van der Waals surface area contributed by atoms with Crippen LogP contribution >= 0.6 is 0 Å². The molecule has 0 unspecified atom stereocenters. The molecule has 1 aliphatic carbocycles. The van der Waals surface area contributed by atoms with Gasteiger partial charge in [0.25, 0.3) is 0 Å². The van der Waals surface area contributed by atoms with Gasteiger partial charge in [-0.05, 0) is 31.9 Å². The van der Waals surface area contributed by atoms with Crippen molar-refractivity contribution < 1.29 is 18.3 Å². The Balaban J connectivity index is 2.09. The third kappa shape index (κ3) is 2.50. The van der Waals surface area contributed by atoms with E-state index in [-0.39, 0.29) is 11.7 Å². The molecular formula is C15H16F2N2O2. The first-order valence-electron chi connectivity index (χ1n) is 6.95. The first kappa shape index (κ1) is 14.0. The van der Waals surface area contributed by atoms with Gasteiger partial charge in [-0.3, -0.25) is 4.79 Å². The van der Waals surface area contributed by atoms with Gasteiger partial charge in [0.05, 0.1) is 23.0 Å². The number of Topliss-reactive ketones (excluding diaryl/α,β-unsaturated/α-hetero) is 1. The van der Waals surface area contributed by atoms with Crippen molar-refractivity contribution in [1.29, 1.82) is 0 Å². The highest BCUT2D eigenvalue weighted by atomic mass is 19.1. The summed E-state index contributed by atoms with van der Waals surface area (Å²) in [6.45, 7) is -0.270. The Morgan fingerprint density at radius 2 is 2.14 bits per heavy atom. The van der Waals surface area contributed by atoms with Crippen LogP contribution in [0.2, 0.25) is 0 Å². The highest BCUT2D eigenvalue weighted by Gasteiger charge is 2.31. The Kier molecular flexibility index (Phi) is 3.61. The summed E-state index contributed by atoms with van der Waals surface area (Å²) in [6, 6.07) is 3.38. The van der Waals surface area contributed by atoms with Crippen molar-refractivity contribution in [2.45, 2.75) is 31.8 Å². The van der Waals surface area contributed by atoms with E-state index in [0.29, 0.717) is 16.8 Å². The number of fused-ring (bicyclic) bond motifs is 1. The third-order valence-corrected chi connectivity index (χ3v) is 3.66. The lowest BCUT2D eigenvalue weighted by molar-refractivity contribution is 0.101. The molecule has 112 valence electrons. The van der Waals surface area contributed by atoms with Crippen molar-refractivity contribution in [3.63, 3.8) is 0 Å². The van der Waals surface area contributed by atoms with Crippen LogP contribution in [-0.4, -0.2) is 34.9 Å². The van der Waals surface area contributed by atoms with Gasteiger partial charge in [0, 0.05) is 5.92 Å². The van der Waals surface area contributed by atoms with Crippen molar-refractivity contribution in [1.82, 2.24) is 9.61 Å². The minimum atomic E-state index is -1.09. The highest BCUT2D eigenvalue weighted by molar-refractivity contribution is 6.00. The zero-order chi connectivity index (χ0) is 15.0. The zero-order valence-corrected chi connectivity index (χ0v) is 11.7. The highest BCUT2D eigenvalue weighted by Crippen LogP contribution is 2.44. The maximum atomic E-state index is 12.7. The average Bonchev–Trinajstić information content (AvgIpc) is 3.21. The SMILES string of the molecule is CC(=O)c1cnn2c(C3CC3)c(OC(CF)CF)ccc12. The molecule has 0 saturated heterocycles. The van der Waals surface area contributed by atoms with Crippen LogP contribution in [0.5, 0.6) is 5.75 Å². The Labute approximate surface area is 120 Å². The number of ether oxygens (including phenoxy) is 1. The van der Waals surface area contributed by atoms with Crippen molar-refractivity contribution in [2.75, 3.05) is 13.3 Å². The maximum Gasteiger partial charge on any atom is 0.163 e. The van der Waals surface area contributed by atoms with Crippen LogP contribution in [-0.2, 0) is 0 Å². The monoisotopic (exact) mass is 294 g/mol. The molecular weight excluding hydrogens is 278 g/mol. The smallest absolute Gasteiger partial charge is 0.163 e. The summed E-state index contributed by atoms with van der Waals surface area (Å²) < 4.78 is 32.5. The summed E-state index contributed by atoms with van der Waals surface area (Å²) in [7, 11) is 0. The van der Waals surface area contributed by atoms with Gasteiger partial charge < -0.3 is 4.74 Å². The van der Waals surface area contributed by atoms with Crippen molar-refractivity contribution in [3.8, 4) is 5.75 Å². The summed E-state index contributed by atoms with van der Waals surface area (Å²) in [4.78, 5) is 11.6. The van der Waals surface area contributed by atoms with Gasteiger partial charge in [-0.25, -0.2) is 13.3 Å². The number of ketones is 1. The van der Waals surface area contributed by atoms with Gasteiger partial charge in [-0.2, -0.15) is 5.10 Å². The van der Waals surface area contributed by atoms with E-state index in [2.05, 4.69) is 5.10 Å². The van der Waals surface area contributed by atoms with E-state index in [9.17, 15) is 13.6 Å². The predicted molar refractivity (Wildman–Crippen MR) is 73.5 cm³/mol. The minimum Gasteiger partial charge on any atom is -0.483 e. The molecule has 6 heteroatoms. The number of nitrogens with zero attached hydrogens (tertiary/aromatic N) is 2. The van der Waals surface area contributed by atoms with Crippen LogP contribution in [0.25, 0.3) is 5.52 Å². The van der Waals surface area contributed by atoms with Gasteiger partial charge >= 0.3 is 0 Å². The van der Waals surface area contributed by atoms with Crippen LogP contribution < -0.4 is 4.74 Å². The normalized spacial score (nSPS) is 14.9. The van der Waals surface area contributed by atoms with Crippen LogP contribution in [0.4, 0.5) is 8.78 Å². The second-order valence-corrected chi connectivity index (χ2v) is 5.32. The molecule has 2 heterocycles. The van der Waals surface area contributed by atoms with Gasteiger partial charge in [0.1, 0.15) is 19.1 Å². The lowest BCUT2D eigenvalue weighted by Gasteiger charge is -2.17. The van der Waals surface area contributed by atoms with E-state index >= 15 is 0 Å². The van der Waals surface area contributed by atoms with Crippen molar-refractivity contribution >= 4 is 11.3 Å². The van der Waals surface area contributed by atoms with Gasteiger partial charge in [-0.15, -0.1) is 0 Å². The fourth-order valence-electron chi connectivity index (χ4n) is 2.44. The Bertz CT molecular complexity index is 676. The molecule has 0 aliphatic heterocycles. The molecule has 1 fully saturated rings. The molecule has 4 nitrogen and oxygen atoms in total. The lowest BCUT2D eigenvalue weighted by Crippen LogP contribution is -2.22. The molecule has 21 heavy (non-hydrogen) atoms. The second kappa shape index (κ2) is 5.42. The van der Waals surface area contributed by atoms with Gasteiger partial charge in [-0.1, -0.05) is 0 Å². The number of halogens is 2. The molecule has 3 rings (SSSR count). The molecule has 2 aromatic rings. The number of aromatic nitrogens is 2. The van der Waals surface area contributed by atoms with E-state index in [0.717, 1.165) is 18.5 Å². The van der Waals surface area contributed by atoms with Gasteiger partial charge in [0.15, 0.2) is 11.9 Å². The standard InChI is InChI=1S/C15H16F2N2O2/c1-9(20)12-8-18-19-13(12)4-5-14(15(19)10-2-3-10)21-11(6-16)7-17/h4-5,8,10-11H,2-3,6-7H2,1H3. The van der Waals surface area contributed by atoms with E-state index in [1.165, 1.54) is 13.1 Å². The van der Waals surface area contributed by atoms with Gasteiger partial charge in [0.2, 0.25) is 0 Å². The Hall–Kier alpha value is -1.98. The number of rotatable bonds is 6. The third-order valence-electron chi connectivity index (χ3n) is 3.66. The van der Waals surface area contributed by atoms with E-state index in [1.807, 2.05) is 0 Å². The topological polar surface area (TPSA) is 43.6 Å². The number of carbonyl (C=O) groups excluding carboxylic acids is 1. The quantitative estimate of drug-likeness (QED) is 0.769. The summed E-state index contributed by atoms with van der Waals surface area (Å²) >= 11 is 0. The summed E-state index contributed by atoms with van der Waals surface area (Å²) in [5.41, 5.74) is 2.04. The van der Waals surface area contributed by atoms with E-state index in [1.54, 1.807) is 16.6 Å². The Morgan fingerprint density at radius 1 is 1.43 bits per heavy atom. The number of hydrogen-bond acceptors (Lipinski definition) is 3. The first-order chi connectivity index (χ1) is 10.2.